The molecule has 0 unspecified atom stereocenters. The number of hydrogen-bond donors (Lipinski definition) is 0. The van der Waals surface area contributed by atoms with Crippen molar-refractivity contribution in [1.29, 1.82) is 0 Å². The molecule has 2 nitrogen and oxygen atoms in total. The topological polar surface area (TPSA) is 12.5 Å². The molecule has 1 aromatic carbocycles. The average Bonchev–Trinajstić information content (AvgIpc) is 2.78. The Labute approximate surface area is 121 Å². The van der Waals surface area contributed by atoms with Gasteiger partial charge in [-0.2, -0.15) is 0 Å². The summed E-state index contributed by atoms with van der Waals surface area (Å²) in [6.07, 6.45) is 0. The summed E-state index contributed by atoms with van der Waals surface area (Å²) in [5.41, 5.74) is 3.75. The van der Waals surface area contributed by atoms with Gasteiger partial charge in [0, 0.05) is 26.8 Å². The van der Waals surface area contributed by atoms with E-state index in [9.17, 15) is 0 Å². The lowest BCUT2D eigenvalue weighted by molar-refractivity contribution is 0.390. The Balaban J connectivity index is 1.83. The second kappa shape index (κ2) is 4.55. The molecule has 3 heteroatoms. The Bertz CT molecular complexity index is 584. The molecule has 0 fully saturated rings. The molecule has 2 aliphatic carbocycles. The van der Waals surface area contributed by atoms with Crippen LogP contribution in [0.1, 0.15) is 5.56 Å². The minimum absolute atomic E-state index is 0.894. The SMILES string of the molecule is CN(C)Cc1ccccc1Oc1c2cc(I)cc1-2. The summed E-state index contributed by atoms with van der Waals surface area (Å²) in [6.45, 7) is 0.894. The van der Waals surface area contributed by atoms with Crippen molar-refractivity contribution in [2.75, 3.05) is 14.1 Å². The van der Waals surface area contributed by atoms with Crippen molar-refractivity contribution in [1.82, 2.24) is 4.90 Å². The van der Waals surface area contributed by atoms with Crippen molar-refractivity contribution in [2.45, 2.75) is 6.54 Å². The molecule has 18 heavy (non-hydrogen) atoms. The quantitative estimate of drug-likeness (QED) is 0.656. The van der Waals surface area contributed by atoms with E-state index in [1.54, 1.807) is 0 Å². The van der Waals surface area contributed by atoms with Gasteiger partial charge in [0.1, 0.15) is 11.5 Å². The van der Waals surface area contributed by atoms with Crippen LogP contribution in [0, 0.1) is 3.57 Å². The third-order valence-electron chi connectivity index (χ3n) is 2.95. The highest BCUT2D eigenvalue weighted by Gasteiger charge is 2.28. The zero-order valence-corrected chi connectivity index (χ0v) is 12.6. The number of hydrogen-bond acceptors (Lipinski definition) is 2. The first kappa shape index (κ1) is 12.0. The van der Waals surface area contributed by atoms with Crippen LogP contribution in [0.15, 0.2) is 36.4 Å². The third-order valence-corrected chi connectivity index (χ3v) is 3.58. The van der Waals surface area contributed by atoms with Crippen LogP contribution in [0.5, 0.6) is 11.5 Å². The molecule has 0 bridgehead atoms. The van der Waals surface area contributed by atoms with Crippen LogP contribution >= 0.6 is 22.6 Å². The fourth-order valence-corrected chi connectivity index (χ4v) is 2.72. The Hall–Kier alpha value is -1.07. The normalized spacial score (nSPS) is 11.8. The zero-order chi connectivity index (χ0) is 12.7. The lowest BCUT2D eigenvalue weighted by atomic mass is 10.2. The van der Waals surface area contributed by atoms with Crippen LogP contribution in [0.2, 0.25) is 0 Å². The Kier molecular flexibility index (Phi) is 3.03. The summed E-state index contributed by atoms with van der Waals surface area (Å²) in [6, 6.07) is 12.6. The molecule has 0 spiro atoms. The minimum Gasteiger partial charge on any atom is -0.456 e. The van der Waals surface area contributed by atoms with Gasteiger partial charge in [0.15, 0.2) is 0 Å². The van der Waals surface area contributed by atoms with E-state index in [4.69, 9.17) is 4.74 Å². The second-order valence-electron chi connectivity index (χ2n) is 4.78. The van der Waals surface area contributed by atoms with Gasteiger partial charge in [-0.05, 0) is 54.9 Å². The van der Waals surface area contributed by atoms with Gasteiger partial charge in [-0.1, -0.05) is 18.2 Å². The maximum absolute atomic E-state index is 6.01. The van der Waals surface area contributed by atoms with Crippen LogP contribution in [-0.2, 0) is 6.54 Å². The van der Waals surface area contributed by atoms with Crippen LogP contribution in [0.4, 0.5) is 0 Å². The highest BCUT2D eigenvalue weighted by Crippen LogP contribution is 2.54. The van der Waals surface area contributed by atoms with Crippen molar-refractivity contribution >= 4 is 22.6 Å². The van der Waals surface area contributed by atoms with Gasteiger partial charge in [0.05, 0.1) is 0 Å². The number of para-hydroxylation sites is 1. The van der Waals surface area contributed by atoms with Gasteiger partial charge in [0.2, 0.25) is 0 Å². The maximum atomic E-state index is 6.01. The molecular formula is C15H14INO. The number of fused-ring (bicyclic) bond motifs is 1. The summed E-state index contributed by atoms with van der Waals surface area (Å²) >= 11 is 2.33. The first-order chi connectivity index (χ1) is 8.65. The van der Waals surface area contributed by atoms with Crippen molar-refractivity contribution in [2.24, 2.45) is 0 Å². The van der Waals surface area contributed by atoms with E-state index in [1.165, 1.54) is 20.3 Å². The number of ether oxygens (including phenoxy) is 1. The monoisotopic (exact) mass is 351 g/mol. The molecule has 92 valence electrons. The molecular weight excluding hydrogens is 337 g/mol. The average molecular weight is 351 g/mol. The lowest BCUT2D eigenvalue weighted by Gasteiger charge is -2.13. The molecule has 0 saturated heterocycles. The summed E-state index contributed by atoms with van der Waals surface area (Å²) in [5.74, 6) is 2.01. The Morgan fingerprint density at radius 3 is 2.44 bits per heavy atom. The molecule has 0 aliphatic heterocycles. The summed E-state index contributed by atoms with van der Waals surface area (Å²) in [4.78, 5) is 2.15. The van der Waals surface area contributed by atoms with E-state index >= 15 is 0 Å². The van der Waals surface area contributed by atoms with Crippen molar-refractivity contribution in [3.63, 3.8) is 0 Å². The Morgan fingerprint density at radius 2 is 1.78 bits per heavy atom. The van der Waals surface area contributed by atoms with E-state index in [-0.39, 0.29) is 0 Å². The molecule has 1 aromatic rings. The van der Waals surface area contributed by atoms with Crippen LogP contribution in [0.3, 0.4) is 0 Å². The molecule has 0 amide bonds. The van der Waals surface area contributed by atoms with Gasteiger partial charge in [0.25, 0.3) is 0 Å². The van der Waals surface area contributed by atoms with Crippen molar-refractivity contribution in [3.05, 3.63) is 45.5 Å². The highest BCUT2D eigenvalue weighted by molar-refractivity contribution is 14.1. The van der Waals surface area contributed by atoms with E-state index in [0.29, 0.717) is 0 Å². The smallest absolute Gasteiger partial charge is 0.143 e. The molecule has 0 atom stereocenters. The fraction of sp³-hybridized carbons (Fsp3) is 0.200. The highest BCUT2D eigenvalue weighted by atomic mass is 127. The zero-order valence-electron chi connectivity index (χ0n) is 10.4. The molecule has 0 radical (unpaired) electrons. The van der Waals surface area contributed by atoms with E-state index in [0.717, 1.165) is 18.0 Å². The van der Waals surface area contributed by atoms with E-state index in [1.807, 2.05) is 12.1 Å². The predicted molar refractivity (Wildman–Crippen MR) is 82.1 cm³/mol. The van der Waals surface area contributed by atoms with Gasteiger partial charge in [-0.25, -0.2) is 0 Å². The van der Waals surface area contributed by atoms with Crippen LogP contribution in [-0.4, -0.2) is 19.0 Å². The molecule has 2 aliphatic rings. The van der Waals surface area contributed by atoms with Gasteiger partial charge >= 0.3 is 0 Å². The van der Waals surface area contributed by atoms with E-state index < -0.39 is 0 Å². The first-order valence-corrected chi connectivity index (χ1v) is 6.97. The maximum Gasteiger partial charge on any atom is 0.143 e. The molecule has 0 heterocycles. The van der Waals surface area contributed by atoms with Crippen molar-refractivity contribution in [3.8, 4) is 22.6 Å². The van der Waals surface area contributed by atoms with Crippen molar-refractivity contribution < 1.29 is 4.74 Å². The summed E-state index contributed by atoms with van der Waals surface area (Å²) in [5, 5.41) is 0. The fourth-order valence-electron chi connectivity index (χ4n) is 2.10. The Morgan fingerprint density at radius 1 is 1.11 bits per heavy atom. The number of halogens is 1. The second-order valence-corrected chi connectivity index (χ2v) is 6.02. The van der Waals surface area contributed by atoms with Crippen LogP contribution in [0.25, 0.3) is 11.1 Å². The number of nitrogens with zero attached hydrogens (tertiary/aromatic N) is 1. The van der Waals surface area contributed by atoms with Gasteiger partial charge < -0.3 is 9.64 Å². The van der Waals surface area contributed by atoms with Crippen LogP contribution < -0.4 is 4.74 Å². The van der Waals surface area contributed by atoms with Gasteiger partial charge in [-0.15, -0.1) is 0 Å². The minimum atomic E-state index is 0.894. The molecule has 0 saturated carbocycles. The standard InChI is InChI=1S/C15H14INO/c1-17(2)9-10-5-3-4-6-14(10)18-15-12-7-11(16)8-13(12)15/h3-8H,9H2,1-2H3. The first-order valence-electron chi connectivity index (χ1n) is 5.89. The van der Waals surface area contributed by atoms with E-state index in [2.05, 4.69) is 65.9 Å². The summed E-state index contributed by atoms with van der Waals surface area (Å²) in [7, 11) is 4.14. The molecule has 3 rings (SSSR count). The van der Waals surface area contributed by atoms with Gasteiger partial charge in [-0.3, -0.25) is 0 Å². The molecule has 0 N–H and O–H groups in total. The number of benzene rings is 2. The third kappa shape index (κ3) is 2.24. The number of rotatable bonds is 4. The predicted octanol–water partition coefficient (Wildman–Crippen LogP) is 4.13. The lowest BCUT2D eigenvalue weighted by Crippen LogP contribution is -2.11. The largest absolute Gasteiger partial charge is 0.456 e. The molecule has 0 aromatic heterocycles. The summed E-state index contributed by atoms with van der Waals surface area (Å²) < 4.78 is 7.29.